The number of alkyl halides is 6. The maximum Gasteiger partial charge on any atom is 0.573 e. The molecule has 0 bridgehead atoms. The SMILES string of the molecule is N#Cc1cc(OC(F)(F)F)c(O)c(C(F)(F)F)n1. The fourth-order valence-corrected chi connectivity index (χ4v) is 0.972. The first kappa shape index (κ1) is 13.9. The number of aromatic hydroxyl groups is 1. The standard InChI is InChI=1S/C8H2F6N2O2/c9-7(10,11)6-5(17)4(18-8(12,13)14)1-3(2-15)16-6/h1,17H. The lowest BCUT2D eigenvalue weighted by atomic mass is 10.2. The Morgan fingerprint density at radius 1 is 1.22 bits per heavy atom. The molecular weight excluding hydrogens is 270 g/mol. The second kappa shape index (κ2) is 4.25. The van der Waals surface area contributed by atoms with Crippen molar-refractivity contribution in [1.82, 2.24) is 4.98 Å². The van der Waals surface area contributed by atoms with Crippen molar-refractivity contribution >= 4 is 0 Å². The van der Waals surface area contributed by atoms with Crippen molar-refractivity contribution < 1.29 is 36.2 Å². The number of hydrogen-bond donors (Lipinski definition) is 1. The molecule has 0 aromatic carbocycles. The van der Waals surface area contributed by atoms with E-state index in [4.69, 9.17) is 10.4 Å². The van der Waals surface area contributed by atoms with Gasteiger partial charge in [-0.1, -0.05) is 0 Å². The third-order valence-electron chi connectivity index (χ3n) is 1.57. The van der Waals surface area contributed by atoms with E-state index >= 15 is 0 Å². The minimum atomic E-state index is -5.31. The zero-order valence-electron chi connectivity index (χ0n) is 8.10. The molecule has 0 saturated heterocycles. The van der Waals surface area contributed by atoms with E-state index < -0.39 is 35.4 Å². The van der Waals surface area contributed by atoms with Crippen LogP contribution in [0.5, 0.6) is 11.5 Å². The molecule has 0 atom stereocenters. The highest BCUT2D eigenvalue weighted by molar-refractivity contribution is 5.47. The van der Waals surface area contributed by atoms with E-state index in [2.05, 4.69) is 9.72 Å². The van der Waals surface area contributed by atoms with Crippen LogP contribution in [-0.2, 0) is 6.18 Å². The summed E-state index contributed by atoms with van der Waals surface area (Å²) in [5.41, 5.74) is -3.00. The number of halogens is 6. The lowest BCUT2D eigenvalue weighted by Gasteiger charge is -2.14. The summed E-state index contributed by atoms with van der Waals surface area (Å²) in [7, 11) is 0. The molecule has 1 rings (SSSR count). The van der Waals surface area contributed by atoms with Crippen molar-refractivity contribution in [2.75, 3.05) is 0 Å². The summed E-state index contributed by atoms with van der Waals surface area (Å²) < 4.78 is 75.7. The minimum Gasteiger partial charge on any atom is -0.503 e. The van der Waals surface area contributed by atoms with Crippen LogP contribution in [0.2, 0.25) is 0 Å². The lowest BCUT2D eigenvalue weighted by Crippen LogP contribution is -2.19. The Balaban J connectivity index is 3.40. The van der Waals surface area contributed by atoms with Gasteiger partial charge >= 0.3 is 12.5 Å². The van der Waals surface area contributed by atoms with Gasteiger partial charge in [-0.2, -0.15) is 18.4 Å². The molecule has 0 radical (unpaired) electrons. The van der Waals surface area contributed by atoms with Gasteiger partial charge in [0.25, 0.3) is 0 Å². The topological polar surface area (TPSA) is 66.1 Å². The number of hydrogen-bond acceptors (Lipinski definition) is 4. The maximum absolute atomic E-state index is 12.3. The van der Waals surface area contributed by atoms with Crippen molar-refractivity contribution in [1.29, 1.82) is 5.26 Å². The van der Waals surface area contributed by atoms with Crippen molar-refractivity contribution in [3.05, 3.63) is 17.5 Å². The Bertz CT molecular complexity index is 502. The van der Waals surface area contributed by atoms with Crippen LogP contribution in [0.1, 0.15) is 11.4 Å². The molecule has 0 aliphatic heterocycles. The zero-order valence-corrected chi connectivity index (χ0v) is 8.10. The molecule has 1 aromatic heterocycles. The monoisotopic (exact) mass is 272 g/mol. The average Bonchev–Trinajstić information content (AvgIpc) is 2.17. The van der Waals surface area contributed by atoms with E-state index in [0.717, 1.165) is 6.07 Å². The number of ether oxygens (including phenoxy) is 1. The number of rotatable bonds is 1. The zero-order chi connectivity index (χ0) is 14.1. The van der Waals surface area contributed by atoms with Gasteiger partial charge in [0.05, 0.1) is 0 Å². The molecule has 4 nitrogen and oxygen atoms in total. The Kier molecular flexibility index (Phi) is 3.27. The maximum atomic E-state index is 12.3. The molecule has 0 spiro atoms. The van der Waals surface area contributed by atoms with E-state index in [1.807, 2.05) is 0 Å². The second-order valence-electron chi connectivity index (χ2n) is 2.86. The van der Waals surface area contributed by atoms with Gasteiger partial charge in [-0.05, 0) is 0 Å². The van der Waals surface area contributed by atoms with E-state index in [9.17, 15) is 26.3 Å². The molecule has 18 heavy (non-hydrogen) atoms. The van der Waals surface area contributed by atoms with E-state index in [-0.39, 0.29) is 6.07 Å². The summed E-state index contributed by atoms with van der Waals surface area (Å²) in [5, 5.41) is 17.3. The molecule has 0 aliphatic carbocycles. The van der Waals surface area contributed by atoms with Crippen LogP contribution in [0.3, 0.4) is 0 Å². The molecule has 0 aliphatic rings. The first-order valence-electron chi connectivity index (χ1n) is 4.01. The third kappa shape index (κ3) is 3.16. The first-order valence-corrected chi connectivity index (χ1v) is 4.01. The van der Waals surface area contributed by atoms with Gasteiger partial charge < -0.3 is 9.84 Å². The highest BCUT2D eigenvalue weighted by Crippen LogP contribution is 2.41. The van der Waals surface area contributed by atoms with Crippen molar-refractivity contribution in [2.45, 2.75) is 12.5 Å². The molecular formula is C8H2F6N2O2. The van der Waals surface area contributed by atoms with Crippen molar-refractivity contribution in [2.24, 2.45) is 0 Å². The second-order valence-corrected chi connectivity index (χ2v) is 2.86. The van der Waals surface area contributed by atoms with Crippen LogP contribution < -0.4 is 4.74 Å². The predicted octanol–water partition coefficient (Wildman–Crippen LogP) is 2.58. The van der Waals surface area contributed by atoms with E-state index in [0.29, 0.717) is 0 Å². The molecule has 0 amide bonds. The molecule has 0 fully saturated rings. The van der Waals surface area contributed by atoms with Gasteiger partial charge in [0.15, 0.2) is 17.2 Å². The van der Waals surface area contributed by atoms with Gasteiger partial charge in [0, 0.05) is 6.07 Å². The molecule has 10 heteroatoms. The highest BCUT2D eigenvalue weighted by atomic mass is 19.4. The van der Waals surface area contributed by atoms with Crippen molar-refractivity contribution in [3.63, 3.8) is 0 Å². The van der Waals surface area contributed by atoms with Gasteiger partial charge in [0.2, 0.25) is 0 Å². The van der Waals surface area contributed by atoms with E-state index in [1.165, 1.54) is 0 Å². The van der Waals surface area contributed by atoms with Crippen LogP contribution in [-0.4, -0.2) is 16.5 Å². The Hall–Kier alpha value is -2.18. The van der Waals surface area contributed by atoms with Crippen LogP contribution in [0.25, 0.3) is 0 Å². The van der Waals surface area contributed by atoms with Gasteiger partial charge in [-0.25, -0.2) is 4.98 Å². The number of aromatic nitrogens is 1. The molecule has 1 aromatic rings. The summed E-state index contributed by atoms with van der Waals surface area (Å²) in [4.78, 5) is 2.67. The Morgan fingerprint density at radius 3 is 2.17 bits per heavy atom. The van der Waals surface area contributed by atoms with Crippen LogP contribution in [0.4, 0.5) is 26.3 Å². The highest BCUT2D eigenvalue weighted by Gasteiger charge is 2.40. The van der Waals surface area contributed by atoms with Crippen molar-refractivity contribution in [3.8, 4) is 17.6 Å². The Morgan fingerprint density at radius 2 is 1.78 bits per heavy atom. The summed E-state index contributed by atoms with van der Waals surface area (Å²) in [6.07, 6.45) is -10.5. The quantitative estimate of drug-likeness (QED) is 0.798. The molecule has 0 unspecified atom stereocenters. The van der Waals surface area contributed by atoms with Gasteiger partial charge in [0.1, 0.15) is 11.8 Å². The summed E-state index contributed by atoms with van der Waals surface area (Å²) >= 11 is 0. The third-order valence-corrected chi connectivity index (χ3v) is 1.57. The Labute approximate surface area is 95.0 Å². The molecule has 1 N–H and O–H groups in total. The fraction of sp³-hybridized carbons (Fsp3) is 0.250. The van der Waals surface area contributed by atoms with Gasteiger partial charge in [-0.3, -0.25) is 0 Å². The van der Waals surface area contributed by atoms with Crippen LogP contribution in [0, 0.1) is 11.3 Å². The van der Waals surface area contributed by atoms with Crippen LogP contribution >= 0.6 is 0 Å². The minimum absolute atomic E-state index is 0.248. The lowest BCUT2D eigenvalue weighted by molar-refractivity contribution is -0.275. The number of nitrogens with zero attached hydrogens (tertiary/aromatic N) is 2. The molecule has 0 saturated carbocycles. The predicted molar refractivity (Wildman–Crippen MR) is 42.3 cm³/mol. The van der Waals surface area contributed by atoms with E-state index in [1.54, 1.807) is 0 Å². The average molecular weight is 272 g/mol. The molecule has 98 valence electrons. The molecule has 1 heterocycles. The van der Waals surface area contributed by atoms with Gasteiger partial charge in [-0.15, -0.1) is 13.2 Å². The normalized spacial score (nSPS) is 12.1. The summed E-state index contributed by atoms with van der Waals surface area (Å²) in [6, 6.07) is 1.37. The number of pyridine rings is 1. The van der Waals surface area contributed by atoms with Crippen LogP contribution in [0.15, 0.2) is 6.07 Å². The largest absolute Gasteiger partial charge is 0.573 e. The smallest absolute Gasteiger partial charge is 0.503 e. The fourth-order valence-electron chi connectivity index (χ4n) is 0.972. The summed E-state index contributed by atoms with van der Waals surface area (Å²) in [5.74, 6) is -3.37. The number of nitriles is 1. The summed E-state index contributed by atoms with van der Waals surface area (Å²) in [6.45, 7) is 0. The first-order chi connectivity index (χ1) is 8.04.